The van der Waals surface area contributed by atoms with E-state index in [4.69, 9.17) is 4.74 Å². The van der Waals surface area contributed by atoms with Crippen LogP contribution in [0.15, 0.2) is 30.3 Å². The van der Waals surface area contributed by atoms with Gasteiger partial charge >= 0.3 is 0 Å². The number of fused-ring (bicyclic) bond motifs is 4. The highest BCUT2D eigenvalue weighted by Crippen LogP contribution is 2.29. The number of nitrogens with zero attached hydrogens (tertiary/aromatic N) is 3. The molecule has 0 N–H and O–H groups in total. The normalized spacial score (nSPS) is 32.4. The van der Waals surface area contributed by atoms with Gasteiger partial charge in [0.15, 0.2) is 0 Å². The van der Waals surface area contributed by atoms with Gasteiger partial charge in [-0.3, -0.25) is 14.6 Å². The Balaban J connectivity index is 1.37. The molecule has 5 rings (SSSR count). The van der Waals surface area contributed by atoms with E-state index in [1.54, 1.807) is 0 Å². The first-order valence-corrected chi connectivity index (χ1v) is 10.5. The van der Waals surface area contributed by atoms with E-state index in [0.29, 0.717) is 18.5 Å². The summed E-state index contributed by atoms with van der Waals surface area (Å²) < 4.78 is 5.78. The zero-order chi connectivity index (χ0) is 18.8. The van der Waals surface area contributed by atoms with E-state index in [2.05, 4.69) is 54.0 Å². The zero-order valence-electron chi connectivity index (χ0n) is 16.7. The van der Waals surface area contributed by atoms with Gasteiger partial charge in [0.25, 0.3) is 0 Å². The van der Waals surface area contributed by atoms with Crippen molar-refractivity contribution in [3.8, 4) is 0 Å². The van der Waals surface area contributed by atoms with Crippen LogP contribution >= 0.6 is 0 Å². The SMILES string of the molecule is C[C@@H]1CN(C(=O)CN2C[C@H]3CC[C@@H]2CN(Cc2ccccc2)C3)C[C@H](C)O1. The van der Waals surface area contributed by atoms with Gasteiger partial charge in [0.2, 0.25) is 5.91 Å². The molecule has 0 aliphatic carbocycles. The van der Waals surface area contributed by atoms with Gasteiger partial charge in [0.05, 0.1) is 18.8 Å². The number of hydrogen-bond donors (Lipinski definition) is 0. The molecule has 0 aromatic heterocycles. The molecule has 4 heterocycles. The first-order valence-electron chi connectivity index (χ1n) is 10.5. The van der Waals surface area contributed by atoms with Crippen LogP contribution in [0.5, 0.6) is 0 Å². The predicted octanol–water partition coefficient (Wildman–Crippen LogP) is 2.22. The maximum Gasteiger partial charge on any atom is 0.236 e. The Labute approximate surface area is 163 Å². The standard InChI is InChI=1S/C22H33N3O2/c1-17-10-25(11-18(2)27-17)22(26)16-24-14-20-8-9-21(24)15-23(13-20)12-19-6-4-3-5-7-19/h3-7,17-18,20-21H,8-16H2,1-2H3/t17-,18+,20-,21+/m0/s1. The smallest absolute Gasteiger partial charge is 0.236 e. The van der Waals surface area contributed by atoms with Crippen LogP contribution in [-0.2, 0) is 16.1 Å². The molecule has 4 atom stereocenters. The molecular formula is C22H33N3O2. The third-order valence-electron chi connectivity index (χ3n) is 6.26. The maximum absolute atomic E-state index is 12.9. The van der Waals surface area contributed by atoms with Crippen molar-refractivity contribution in [2.45, 2.75) is 51.5 Å². The number of rotatable bonds is 4. The minimum Gasteiger partial charge on any atom is -0.372 e. The number of hydrogen-bond acceptors (Lipinski definition) is 4. The predicted molar refractivity (Wildman–Crippen MR) is 106 cm³/mol. The highest BCUT2D eigenvalue weighted by atomic mass is 16.5. The average molecular weight is 372 g/mol. The Hall–Kier alpha value is -1.43. The molecule has 0 saturated carbocycles. The molecule has 4 fully saturated rings. The van der Waals surface area contributed by atoms with Crippen molar-refractivity contribution in [1.82, 2.24) is 14.7 Å². The van der Waals surface area contributed by atoms with Crippen LogP contribution in [0.1, 0.15) is 32.3 Å². The van der Waals surface area contributed by atoms with Crippen LogP contribution < -0.4 is 0 Å². The number of amides is 1. The number of piperidine rings is 1. The summed E-state index contributed by atoms with van der Waals surface area (Å²) in [4.78, 5) is 20.0. The molecule has 1 aromatic carbocycles. The van der Waals surface area contributed by atoms with Crippen LogP contribution in [0.3, 0.4) is 0 Å². The Bertz CT molecular complexity index is 628. The summed E-state index contributed by atoms with van der Waals surface area (Å²) in [6, 6.07) is 11.3. The summed E-state index contributed by atoms with van der Waals surface area (Å²) >= 11 is 0. The largest absolute Gasteiger partial charge is 0.372 e. The Morgan fingerprint density at radius 1 is 1.00 bits per heavy atom. The first-order chi connectivity index (χ1) is 13.1. The van der Waals surface area contributed by atoms with Crippen LogP contribution in [-0.4, -0.2) is 78.1 Å². The average Bonchev–Trinajstić information content (AvgIpc) is 2.92. The molecule has 2 bridgehead atoms. The van der Waals surface area contributed by atoms with Gasteiger partial charge in [-0.15, -0.1) is 0 Å². The van der Waals surface area contributed by atoms with E-state index < -0.39 is 0 Å². The summed E-state index contributed by atoms with van der Waals surface area (Å²) in [5, 5.41) is 0. The third kappa shape index (κ3) is 4.71. The lowest BCUT2D eigenvalue weighted by Crippen LogP contribution is -2.53. The minimum atomic E-state index is 0.139. The van der Waals surface area contributed by atoms with Gasteiger partial charge in [-0.1, -0.05) is 30.3 Å². The Kier molecular flexibility index (Phi) is 5.81. The molecule has 148 valence electrons. The number of carbonyl (C=O) groups excluding carboxylic acids is 1. The second-order valence-electron chi connectivity index (χ2n) is 8.76. The lowest BCUT2D eigenvalue weighted by molar-refractivity contribution is -0.145. The number of morpholine rings is 1. The van der Waals surface area contributed by atoms with E-state index in [1.807, 2.05) is 4.90 Å². The number of benzene rings is 1. The minimum absolute atomic E-state index is 0.139. The maximum atomic E-state index is 12.9. The molecule has 4 aliphatic heterocycles. The number of ether oxygens (including phenoxy) is 1. The summed E-state index contributed by atoms with van der Waals surface area (Å²) in [5.74, 6) is 0.960. The summed E-state index contributed by atoms with van der Waals surface area (Å²) in [7, 11) is 0. The van der Waals surface area contributed by atoms with Gasteiger partial charge in [-0.05, 0) is 38.2 Å². The first kappa shape index (κ1) is 18.9. The van der Waals surface area contributed by atoms with E-state index in [1.165, 1.54) is 18.4 Å². The number of carbonyl (C=O) groups is 1. The molecule has 0 radical (unpaired) electrons. The zero-order valence-corrected chi connectivity index (χ0v) is 16.7. The quantitative estimate of drug-likeness (QED) is 0.813. The lowest BCUT2D eigenvalue weighted by Gasteiger charge is -2.39. The van der Waals surface area contributed by atoms with Gasteiger partial charge in [-0.2, -0.15) is 0 Å². The summed E-state index contributed by atoms with van der Waals surface area (Å²) in [6.45, 7) is 10.5. The molecular weight excluding hydrogens is 338 g/mol. The highest BCUT2D eigenvalue weighted by Gasteiger charge is 2.36. The van der Waals surface area contributed by atoms with Crippen LogP contribution in [0.2, 0.25) is 0 Å². The van der Waals surface area contributed by atoms with Crippen LogP contribution in [0, 0.1) is 5.92 Å². The summed E-state index contributed by atoms with van der Waals surface area (Å²) in [5.41, 5.74) is 1.39. The van der Waals surface area contributed by atoms with Crippen molar-refractivity contribution in [2.75, 3.05) is 39.3 Å². The molecule has 4 saturated heterocycles. The molecule has 27 heavy (non-hydrogen) atoms. The van der Waals surface area contributed by atoms with Crippen molar-refractivity contribution in [2.24, 2.45) is 5.92 Å². The van der Waals surface area contributed by atoms with Crippen LogP contribution in [0.4, 0.5) is 0 Å². The Morgan fingerprint density at radius 2 is 1.74 bits per heavy atom. The van der Waals surface area contributed by atoms with Gasteiger partial charge in [-0.25, -0.2) is 0 Å². The molecule has 5 nitrogen and oxygen atoms in total. The molecule has 1 aromatic rings. The van der Waals surface area contributed by atoms with Crippen molar-refractivity contribution in [3.63, 3.8) is 0 Å². The van der Waals surface area contributed by atoms with E-state index in [-0.39, 0.29) is 18.1 Å². The van der Waals surface area contributed by atoms with Crippen LogP contribution in [0.25, 0.3) is 0 Å². The fourth-order valence-electron chi connectivity index (χ4n) is 5.10. The summed E-state index contributed by atoms with van der Waals surface area (Å²) in [6.07, 6.45) is 2.80. The van der Waals surface area contributed by atoms with Gasteiger partial charge in [0, 0.05) is 45.3 Å². The molecule has 1 amide bonds. The Morgan fingerprint density at radius 3 is 2.48 bits per heavy atom. The van der Waals surface area contributed by atoms with E-state index in [0.717, 1.165) is 39.3 Å². The second kappa shape index (κ2) is 8.29. The topological polar surface area (TPSA) is 36.0 Å². The third-order valence-corrected chi connectivity index (χ3v) is 6.26. The fourth-order valence-corrected chi connectivity index (χ4v) is 5.10. The highest BCUT2D eigenvalue weighted by molar-refractivity contribution is 5.78. The van der Waals surface area contributed by atoms with Crippen molar-refractivity contribution < 1.29 is 9.53 Å². The second-order valence-corrected chi connectivity index (χ2v) is 8.76. The van der Waals surface area contributed by atoms with Crippen molar-refractivity contribution in [1.29, 1.82) is 0 Å². The van der Waals surface area contributed by atoms with E-state index >= 15 is 0 Å². The van der Waals surface area contributed by atoms with Crippen molar-refractivity contribution in [3.05, 3.63) is 35.9 Å². The van der Waals surface area contributed by atoms with Gasteiger partial charge < -0.3 is 9.64 Å². The monoisotopic (exact) mass is 371 g/mol. The van der Waals surface area contributed by atoms with E-state index in [9.17, 15) is 4.79 Å². The molecule has 5 heteroatoms. The lowest BCUT2D eigenvalue weighted by atomic mass is 9.95. The molecule has 4 aliphatic rings. The molecule has 0 spiro atoms. The molecule has 0 unspecified atom stereocenters. The van der Waals surface area contributed by atoms with Crippen molar-refractivity contribution >= 4 is 5.91 Å². The van der Waals surface area contributed by atoms with Gasteiger partial charge in [0.1, 0.15) is 0 Å². The fraction of sp³-hybridized carbons (Fsp3) is 0.682.